The topological polar surface area (TPSA) is 72.8 Å². The van der Waals surface area contributed by atoms with Gasteiger partial charge in [0, 0.05) is 51.1 Å². The highest BCUT2D eigenvalue weighted by molar-refractivity contribution is 5.43. The van der Waals surface area contributed by atoms with Gasteiger partial charge in [-0.2, -0.15) is 0 Å². The lowest BCUT2D eigenvalue weighted by atomic mass is 10.2. The smallest absolute Gasteiger partial charge is 0.218 e. The quantitative estimate of drug-likeness (QED) is 0.774. The maximum Gasteiger partial charge on any atom is 0.218 e. The highest BCUT2D eigenvalue weighted by Gasteiger charge is 2.21. The van der Waals surface area contributed by atoms with Crippen LogP contribution in [0.4, 0.5) is 5.82 Å². The molecule has 0 saturated carbocycles. The Bertz CT molecular complexity index is 704. The maximum absolute atomic E-state index is 5.47. The van der Waals surface area contributed by atoms with E-state index in [0.717, 1.165) is 44.2 Å². The number of aromatic nitrogens is 3. The molecular formula is C17H23N5O3. The average molecular weight is 345 g/mol. The van der Waals surface area contributed by atoms with Crippen LogP contribution in [0.15, 0.2) is 24.7 Å². The summed E-state index contributed by atoms with van der Waals surface area (Å²) in [5, 5.41) is 0. The van der Waals surface area contributed by atoms with Gasteiger partial charge in [0.1, 0.15) is 17.8 Å². The molecule has 1 aliphatic rings. The standard InChI is InChI=1S/C17H23N5O3/c1-23-14-4-5-18-13(17(14)25-3)11-21-6-8-22(9-7-21)15-10-16(24-2)20-12-19-15/h4-5,10,12H,6-9,11H2,1-3H3. The van der Waals surface area contributed by atoms with E-state index >= 15 is 0 Å². The maximum atomic E-state index is 5.47. The molecule has 1 fully saturated rings. The van der Waals surface area contributed by atoms with Gasteiger partial charge in [-0.1, -0.05) is 0 Å². The Balaban J connectivity index is 1.63. The third kappa shape index (κ3) is 3.90. The first-order chi connectivity index (χ1) is 12.2. The van der Waals surface area contributed by atoms with Crippen molar-refractivity contribution >= 4 is 5.82 Å². The Labute approximate surface area is 147 Å². The number of anilines is 1. The molecule has 0 atom stereocenters. The molecule has 0 bridgehead atoms. The first kappa shape index (κ1) is 17.2. The second kappa shape index (κ2) is 7.98. The van der Waals surface area contributed by atoms with E-state index in [1.807, 2.05) is 12.1 Å². The largest absolute Gasteiger partial charge is 0.493 e. The van der Waals surface area contributed by atoms with Crippen LogP contribution in [0.5, 0.6) is 17.4 Å². The summed E-state index contributed by atoms with van der Waals surface area (Å²) in [7, 11) is 4.89. The molecule has 134 valence electrons. The molecule has 2 aromatic rings. The van der Waals surface area contributed by atoms with Gasteiger partial charge in [0.2, 0.25) is 5.88 Å². The van der Waals surface area contributed by atoms with Crippen molar-refractivity contribution in [1.29, 1.82) is 0 Å². The van der Waals surface area contributed by atoms with Crippen molar-refractivity contribution in [3.8, 4) is 17.4 Å². The number of methoxy groups -OCH3 is 3. The molecule has 1 saturated heterocycles. The summed E-state index contributed by atoms with van der Waals surface area (Å²) >= 11 is 0. The lowest BCUT2D eigenvalue weighted by Gasteiger charge is -2.35. The average Bonchev–Trinajstić information content (AvgIpc) is 2.68. The van der Waals surface area contributed by atoms with E-state index in [1.165, 1.54) is 6.33 Å². The minimum atomic E-state index is 0.581. The van der Waals surface area contributed by atoms with Gasteiger partial charge in [0.15, 0.2) is 11.5 Å². The zero-order chi connectivity index (χ0) is 17.6. The first-order valence-corrected chi connectivity index (χ1v) is 8.14. The third-order valence-electron chi connectivity index (χ3n) is 4.27. The molecule has 0 aliphatic carbocycles. The van der Waals surface area contributed by atoms with Crippen LogP contribution in [-0.2, 0) is 6.54 Å². The van der Waals surface area contributed by atoms with Gasteiger partial charge in [0.25, 0.3) is 0 Å². The number of nitrogens with zero attached hydrogens (tertiary/aromatic N) is 5. The van der Waals surface area contributed by atoms with Crippen LogP contribution in [-0.4, -0.2) is 67.4 Å². The van der Waals surface area contributed by atoms with E-state index in [4.69, 9.17) is 14.2 Å². The minimum absolute atomic E-state index is 0.581. The van der Waals surface area contributed by atoms with Crippen molar-refractivity contribution in [2.45, 2.75) is 6.54 Å². The van der Waals surface area contributed by atoms with Crippen molar-refractivity contribution in [2.24, 2.45) is 0 Å². The van der Waals surface area contributed by atoms with Crippen LogP contribution >= 0.6 is 0 Å². The number of piperazine rings is 1. The molecule has 0 N–H and O–H groups in total. The van der Waals surface area contributed by atoms with Crippen LogP contribution in [0.2, 0.25) is 0 Å². The fourth-order valence-electron chi connectivity index (χ4n) is 2.92. The highest BCUT2D eigenvalue weighted by Crippen LogP contribution is 2.30. The third-order valence-corrected chi connectivity index (χ3v) is 4.27. The summed E-state index contributed by atoms with van der Waals surface area (Å²) in [6.45, 7) is 4.31. The van der Waals surface area contributed by atoms with Gasteiger partial charge < -0.3 is 19.1 Å². The Morgan fingerprint density at radius 2 is 1.76 bits per heavy atom. The van der Waals surface area contributed by atoms with E-state index < -0.39 is 0 Å². The summed E-state index contributed by atoms with van der Waals surface area (Å²) in [5.41, 5.74) is 0.888. The number of ether oxygens (including phenoxy) is 3. The molecule has 1 aliphatic heterocycles. The van der Waals surface area contributed by atoms with E-state index in [1.54, 1.807) is 27.5 Å². The molecule has 8 heteroatoms. The van der Waals surface area contributed by atoms with Crippen molar-refractivity contribution in [1.82, 2.24) is 19.9 Å². The molecular weight excluding hydrogens is 322 g/mol. The fourth-order valence-corrected chi connectivity index (χ4v) is 2.92. The molecule has 8 nitrogen and oxygen atoms in total. The number of hydrogen-bond donors (Lipinski definition) is 0. The Hall–Kier alpha value is -2.61. The SMILES string of the molecule is COc1cc(N2CCN(Cc3nccc(OC)c3OC)CC2)ncn1. The Morgan fingerprint density at radius 1 is 0.960 bits per heavy atom. The highest BCUT2D eigenvalue weighted by atomic mass is 16.5. The Morgan fingerprint density at radius 3 is 2.44 bits per heavy atom. The second-order valence-corrected chi connectivity index (χ2v) is 5.67. The van der Waals surface area contributed by atoms with E-state index in [9.17, 15) is 0 Å². The number of pyridine rings is 1. The predicted molar refractivity (Wildman–Crippen MR) is 93.4 cm³/mol. The van der Waals surface area contributed by atoms with Gasteiger partial charge in [0.05, 0.1) is 21.3 Å². The lowest BCUT2D eigenvalue weighted by molar-refractivity contribution is 0.240. The molecule has 2 aromatic heterocycles. The number of hydrogen-bond acceptors (Lipinski definition) is 8. The summed E-state index contributed by atoms with van der Waals surface area (Å²) in [4.78, 5) is 17.4. The molecule has 0 aromatic carbocycles. The van der Waals surface area contributed by atoms with Gasteiger partial charge in [-0.25, -0.2) is 9.97 Å². The van der Waals surface area contributed by atoms with Gasteiger partial charge in [-0.05, 0) is 0 Å². The van der Waals surface area contributed by atoms with E-state index in [0.29, 0.717) is 17.4 Å². The molecule has 3 rings (SSSR count). The normalized spacial score (nSPS) is 15.1. The predicted octanol–water partition coefficient (Wildman–Crippen LogP) is 1.22. The molecule has 0 radical (unpaired) electrons. The molecule has 3 heterocycles. The summed E-state index contributed by atoms with van der Waals surface area (Å²) < 4.78 is 16.0. The summed E-state index contributed by atoms with van der Waals surface area (Å²) in [6.07, 6.45) is 3.28. The van der Waals surface area contributed by atoms with Crippen molar-refractivity contribution in [2.75, 3.05) is 52.4 Å². The zero-order valence-corrected chi connectivity index (χ0v) is 14.8. The lowest BCUT2D eigenvalue weighted by Crippen LogP contribution is -2.46. The Kier molecular flexibility index (Phi) is 5.49. The van der Waals surface area contributed by atoms with Crippen LogP contribution in [0.1, 0.15) is 5.69 Å². The summed E-state index contributed by atoms with van der Waals surface area (Å²) in [6, 6.07) is 3.67. The second-order valence-electron chi connectivity index (χ2n) is 5.67. The van der Waals surface area contributed by atoms with Crippen LogP contribution < -0.4 is 19.1 Å². The minimum Gasteiger partial charge on any atom is -0.493 e. The van der Waals surface area contributed by atoms with Gasteiger partial charge in [-0.15, -0.1) is 0 Å². The summed E-state index contributed by atoms with van der Waals surface area (Å²) in [5.74, 6) is 2.88. The molecule has 0 amide bonds. The van der Waals surface area contributed by atoms with Crippen LogP contribution in [0.3, 0.4) is 0 Å². The van der Waals surface area contributed by atoms with Crippen molar-refractivity contribution in [3.05, 3.63) is 30.4 Å². The molecule has 0 spiro atoms. The molecule has 25 heavy (non-hydrogen) atoms. The number of rotatable bonds is 6. The zero-order valence-electron chi connectivity index (χ0n) is 14.8. The van der Waals surface area contributed by atoms with Crippen LogP contribution in [0, 0.1) is 0 Å². The van der Waals surface area contributed by atoms with Crippen molar-refractivity contribution in [3.63, 3.8) is 0 Å². The van der Waals surface area contributed by atoms with E-state index in [-0.39, 0.29) is 0 Å². The van der Waals surface area contributed by atoms with Crippen molar-refractivity contribution < 1.29 is 14.2 Å². The van der Waals surface area contributed by atoms with Gasteiger partial charge in [-0.3, -0.25) is 9.88 Å². The fraction of sp³-hybridized carbons (Fsp3) is 0.471. The monoisotopic (exact) mass is 345 g/mol. The first-order valence-electron chi connectivity index (χ1n) is 8.14. The van der Waals surface area contributed by atoms with E-state index in [2.05, 4.69) is 24.8 Å². The van der Waals surface area contributed by atoms with Gasteiger partial charge >= 0.3 is 0 Å². The molecule has 0 unspecified atom stereocenters. The van der Waals surface area contributed by atoms with Crippen LogP contribution in [0.25, 0.3) is 0 Å².